The van der Waals surface area contributed by atoms with Gasteiger partial charge in [-0.05, 0) is 11.6 Å². The molecule has 3 nitrogen and oxygen atoms in total. The van der Waals surface area contributed by atoms with Crippen LogP contribution < -0.4 is 0 Å². The van der Waals surface area contributed by atoms with Crippen molar-refractivity contribution in [2.45, 2.75) is 6.92 Å². The van der Waals surface area contributed by atoms with E-state index in [1.165, 1.54) is 0 Å². The maximum atomic E-state index is 5.26. The van der Waals surface area contributed by atoms with E-state index in [0.717, 1.165) is 20.8 Å². The van der Waals surface area contributed by atoms with Crippen LogP contribution in [0.25, 0.3) is 21.7 Å². The predicted octanol–water partition coefficient (Wildman–Crippen LogP) is 3.06. The molecule has 0 N–H and O–H groups in total. The van der Waals surface area contributed by atoms with Crippen molar-refractivity contribution in [1.82, 2.24) is 9.97 Å². The van der Waals surface area contributed by atoms with Crippen molar-refractivity contribution < 1.29 is 24.5 Å². The Bertz CT molecular complexity index is 604. The van der Waals surface area contributed by atoms with Gasteiger partial charge in [0.05, 0.1) is 17.5 Å². The first-order valence-electron chi connectivity index (χ1n) is 4.52. The number of fused-ring (bicyclic) bond motifs is 1. The maximum absolute atomic E-state index is 5.26. The Kier molecular flexibility index (Phi) is 3.19. The first kappa shape index (κ1) is 11.5. The molecule has 0 unspecified atom stereocenters. The standard InChI is InChI=1S/C11H7N2OS.Ir/c1-7-13-10-8(11-12-5-6-14-11)3-2-4-9(10)15-7;/h2,4-6H,1H3;/q-1;. The Balaban J connectivity index is 0.000000963. The molecule has 2 aromatic heterocycles. The van der Waals surface area contributed by atoms with Gasteiger partial charge in [0, 0.05) is 25.6 Å². The molecule has 0 amide bonds. The molecule has 1 aromatic carbocycles. The molecular weight excluding hydrogens is 400 g/mol. The van der Waals surface area contributed by atoms with Crippen LogP contribution in [-0.4, -0.2) is 9.97 Å². The fourth-order valence-electron chi connectivity index (χ4n) is 1.51. The summed E-state index contributed by atoms with van der Waals surface area (Å²) in [7, 11) is 0. The number of hydrogen-bond acceptors (Lipinski definition) is 4. The zero-order valence-electron chi connectivity index (χ0n) is 8.35. The predicted molar refractivity (Wildman–Crippen MR) is 58.7 cm³/mol. The molecule has 3 aromatic rings. The second-order valence-corrected chi connectivity index (χ2v) is 4.37. The van der Waals surface area contributed by atoms with Crippen LogP contribution in [0.5, 0.6) is 0 Å². The number of hydrogen-bond donors (Lipinski definition) is 0. The van der Waals surface area contributed by atoms with Crippen molar-refractivity contribution in [2.75, 3.05) is 0 Å². The van der Waals surface area contributed by atoms with Gasteiger partial charge < -0.3 is 4.42 Å². The number of aryl methyl sites for hydroxylation is 1. The number of thiazole rings is 1. The number of rotatable bonds is 1. The third-order valence-corrected chi connectivity index (χ3v) is 3.04. The third kappa shape index (κ3) is 1.82. The van der Waals surface area contributed by atoms with Gasteiger partial charge in [-0.15, -0.1) is 29.5 Å². The molecule has 0 saturated carbocycles. The van der Waals surface area contributed by atoms with E-state index in [2.05, 4.69) is 16.0 Å². The summed E-state index contributed by atoms with van der Waals surface area (Å²) in [5, 5.41) is 1.04. The molecule has 2 heterocycles. The van der Waals surface area contributed by atoms with E-state index in [1.807, 2.05) is 19.1 Å². The molecule has 1 radical (unpaired) electrons. The topological polar surface area (TPSA) is 38.9 Å². The Labute approximate surface area is 110 Å². The fourth-order valence-corrected chi connectivity index (χ4v) is 2.35. The zero-order valence-corrected chi connectivity index (χ0v) is 11.6. The summed E-state index contributed by atoms with van der Waals surface area (Å²) in [6, 6.07) is 7.00. The van der Waals surface area contributed by atoms with Gasteiger partial charge >= 0.3 is 0 Å². The second kappa shape index (κ2) is 4.45. The van der Waals surface area contributed by atoms with Crippen LogP contribution in [0.1, 0.15) is 5.01 Å². The van der Waals surface area contributed by atoms with Gasteiger partial charge in [0.15, 0.2) is 0 Å². The van der Waals surface area contributed by atoms with Crippen molar-refractivity contribution in [2.24, 2.45) is 0 Å². The molecule has 83 valence electrons. The second-order valence-electron chi connectivity index (χ2n) is 3.14. The maximum Gasteiger partial charge on any atom is 0.142 e. The molecule has 0 bridgehead atoms. The van der Waals surface area contributed by atoms with Crippen molar-refractivity contribution in [3.63, 3.8) is 0 Å². The van der Waals surface area contributed by atoms with Crippen LogP contribution in [-0.2, 0) is 20.1 Å². The summed E-state index contributed by atoms with van der Waals surface area (Å²) >= 11 is 1.66. The minimum atomic E-state index is 0. The van der Waals surface area contributed by atoms with Gasteiger partial charge in [0.25, 0.3) is 0 Å². The third-order valence-electron chi connectivity index (χ3n) is 2.11. The van der Waals surface area contributed by atoms with E-state index in [0.29, 0.717) is 5.89 Å². The summed E-state index contributed by atoms with van der Waals surface area (Å²) in [5.74, 6) is 0.575. The van der Waals surface area contributed by atoms with E-state index in [-0.39, 0.29) is 20.1 Å². The van der Waals surface area contributed by atoms with Crippen LogP contribution in [0.4, 0.5) is 0 Å². The Hall–Kier alpha value is -1.03. The van der Waals surface area contributed by atoms with Gasteiger partial charge in [-0.1, -0.05) is 5.56 Å². The van der Waals surface area contributed by atoms with E-state index < -0.39 is 0 Å². The molecule has 0 aliphatic rings. The molecular formula is C11H7IrN2OS-. The van der Waals surface area contributed by atoms with E-state index in [1.54, 1.807) is 23.8 Å². The Morgan fingerprint density at radius 3 is 3.06 bits per heavy atom. The largest absolute Gasteiger partial charge is 0.488 e. The molecule has 5 heteroatoms. The smallest absolute Gasteiger partial charge is 0.142 e. The molecule has 0 fully saturated rings. The number of oxazole rings is 1. The monoisotopic (exact) mass is 408 g/mol. The molecule has 0 aliphatic heterocycles. The van der Waals surface area contributed by atoms with E-state index >= 15 is 0 Å². The summed E-state index contributed by atoms with van der Waals surface area (Å²) < 4.78 is 6.40. The SMILES string of the molecule is Cc1nc2c(-c3ncco3)[c-]ccc2s1.[Ir]. The quantitative estimate of drug-likeness (QED) is 0.582. The number of benzene rings is 1. The first-order chi connectivity index (χ1) is 7.34. The molecule has 0 atom stereocenters. The first-order valence-corrected chi connectivity index (χ1v) is 5.34. The minimum absolute atomic E-state index is 0. The number of nitrogens with zero attached hydrogens (tertiary/aromatic N) is 2. The van der Waals surface area contributed by atoms with Crippen molar-refractivity contribution in [3.05, 3.63) is 35.7 Å². The van der Waals surface area contributed by atoms with Gasteiger partial charge in [0.1, 0.15) is 5.89 Å². The van der Waals surface area contributed by atoms with Gasteiger partial charge in [0.2, 0.25) is 0 Å². The van der Waals surface area contributed by atoms with Crippen LogP contribution in [0, 0.1) is 13.0 Å². The normalized spacial score (nSPS) is 10.3. The van der Waals surface area contributed by atoms with Crippen molar-refractivity contribution >= 4 is 21.6 Å². The minimum Gasteiger partial charge on any atom is -0.488 e. The summed E-state index contributed by atoms with van der Waals surface area (Å²) in [4.78, 5) is 8.57. The van der Waals surface area contributed by atoms with Gasteiger partial charge in [-0.2, -0.15) is 0 Å². The molecule has 3 rings (SSSR count). The van der Waals surface area contributed by atoms with Crippen LogP contribution in [0.2, 0.25) is 0 Å². The fraction of sp³-hybridized carbons (Fsp3) is 0.0909. The Morgan fingerprint density at radius 2 is 2.31 bits per heavy atom. The average molecular weight is 407 g/mol. The summed E-state index contributed by atoms with van der Waals surface area (Å²) in [6.07, 6.45) is 3.18. The number of aromatic nitrogens is 2. The average Bonchev–Trinajstić information content (AvgIpc) is 2.82. The van der Waals surface area contributed by atoms with E-state index in [4.69, 9.17) is 4.42 Å². The zero-order chi connectivity index (χ0) is 10.3. The summed E-state index contributed by atoms with van der Waals surface area (Å²) in [6.45, 7) is 1.99. The molecule has 0 saturated heterocycles. The van der Waals surface area contributed by atoms with Crippen molar-refractivity contribution in [1.29, 1.82) is 0 Å². The van der Waals surface area contributed by atoms with E-state index in [9.17, 15) is 0 Å². The van der Waals surface area contributed by atoms with Gasteiger partial charge in [-0.3, -0.25) is 9.97 Å². The molecule has 16 heavy (non-hydrogen) atoms. The molecule has 0 aliphatic carbocycles. The molecule has 0 spiro atoms. The van der Waals surface area contributed by atoms with Crippen LogP contribution in [0.3, 0.4) is 0 Å². The van der Waals surface area contributed by atoms with Crippen LogP contribution in [0.15, 0.2) is 29.0 Å². The Morgan fingerprint density at radius 1 is 1.44 bits per heavy atom. The van der Waals surface area contributed by atoms with Crippen molar-refractivity contribution in [3.8, 4) is 11.5 Å². The van der Waals surface area contributed by atoms with Crippen LogP contribution >= 0.6 is 11.3 Å². The summed E-state index contributed by atoms with van der Waals surface area (Å²) in [5.41, 5.74) is 1.75. The van der Waals surface area contributed by atoms with Gasteiger partial charge in [-0.25, -0.2) is 0 Å².